The summed E-state index contributed by atoms with van der Waals surface area (Å²) in [5.41, 5.74) is 2.67. The van der Waals surface area contributed by atoms with Crippen LogP contribution in [-0.4, -0.2) is 32.3 Å². The first-order chi connectivity index (χ1) is 9.65. The molecule has 1 atom stereocenters. The molecule has 20 heavy (non-hydrogen) atoms. The minimum Gasteiger partial charge on any atom is -0.383 e. The van der Waals surface area contributed by atoms with Gasteiger partial charge in [0.25, 0.3) is 0 Å². The summed E-state index contributed by atoms with van der Waals surface area (Å²) in [6.07, 6.45) is 2.64. The molecule has 1 saturated carbocycles. The Kier molecular flexibility index (Phi) is 5.87. The van der Waals surface area contributed by atoms with Crippen molar-refractivity contribution in [3.8, 4) is 0 Å². The highest BCUT2D eigenvalue weighted by atomic mass is 79.9. The van der Waals surface area contributed by atoms with E-state index in [4.69, 9.17) is 4.74 Å². The molecule has 2 rings (SSSR count). The summed E-state index contributed by atoms with van der Waals surface area (Å²) < 4.78 is 6.46. The molecule has 1 aromatic rings. The highest BCUT2D eigenvalue weighted by molar-refractivity contribution is 9.10. The molecule has 0 saturated heterocycles. The van der Waals surface area contributed by atoms with Crippen LogP contribution in [0, 0.1) is 0 Å². The number of methoxy groups -OCH3 is 1. The number of anilines is 1. The average molecular weight is 341 g/mol. The second-order valence-corrected chi connectivity index (χ2v) is 6.43. The van der Waals surface area contributed by atoms with E-state index in [-0.39, 0.29) is 0 Å². The summed E-state index contributed by atoms with van der Waals surface area (Å²) in [6, 6.07) is 7.67. The lowest BCUT2D eigenvalue weighted by Gasteiger charge is -2.32. The Labute approximate surface area is 130 Å². The van der Waals surface area contributed by atoms with E-state index < -0.39 is 0 Å². The van der Waals surface area contributed by atoms with Gasteiger partial charge in [0, 0.05) is 42.4 Å². The molecule has 0 amide bonds. The van der Waals surface area contributed by atoms with Gasteiger partial charge in [-0.25, -0.2) is 0 Å². The van der Waals surface area contributed by atoms with Gasteiger partial charge in [-0.05, 0) is 50.5 Å². The van der Waals surface area contributed by atoms with E-state index in [0.717, 1.165) is 30.2 Å². The van der Waals surface area contributed by atoms with Crippen LogP contribution >= 0.6 is 15.9 Å². The van der Waals surface area contributed by atoms with Crippen LogP contribution in [0.4, 0.5) is 5.69 Å². The zero-order valence-corrected chi connectivity index (χ0v) is 14.2. The third-order valence-electron chi connectivity index (χ3n) is 3.79. The van der Waals surface area contributed by atoms with Gasteiger partial charge in [0.2, 0.25) is 0 Å². The lowest BCUT2D eigenvalue weighted by Crippen LogP contribution is -2.37. The Hall–Kier alpha value is -0.580. The number of hydrogen-bond donors (Lipinski definition) is 1. The van der Waals surface area contributed by atoms with Gasteiger partial charge in [0.05, 0.1) is 6.61 Å². The van der Waals surface area contributed by atoms with Crippen LogP contribution < -0.4 is 10.2 Å². The van der Waals surface area contributed by atoms with Crippen molar-refractivity contribution in [2.75, 3.05) is 25.2 Å². The highest BCUT2D eigenvalue weighted by Crippen LogP contribution is 2.28. The van der Waals surface area contributed by atoms with Crippen LogP contribution in [0.25, 0.3) is 0 Å². The van der Waals surface area contributed by atoms with Gasteiger partial charge in [0.1, 0.15) is 0 Å². The molecule has 0 aliphatic heterocycles. The van der Waals surface area contributed by atoms with E-state index in [9.17, 15) is 0 Å². The topological polar surface area (TPSA) is 24.5 Å². The van der Waals surface area contributed by atoms with Crippen LogP contribution in [-0.2, 0) is 11.3 Å². The minimum absolute atomic E-state index is 0.380. The monoisotopic (exact) mass is 340 g/mol. The number of nitrogens with one attached hydrogen (secondary N) is 1. The molecule has 0 radical (unpaired) electrons. The van der Waals surface area contributed by atoms with Crippen LogP contribution in [0.1, 0.15) is 32.3 Å². The quantitative estimate of drug-likeness (QED) is 0.782. The normalized spacial score (nSPS) is 16.2. The van der Waals surface area contributed by atoms with Crippen molar-refractivity contribution in [2.24, 2.45) is 0 Å². The molecule has 1 aliphatic rings. The molecule has 0 bridgehead atoms. The number of nitrogens with zero attached hydrogens (tertiary/aromatic N) is 1. The van der Waals surface area contributed by atoms with E-state index in [0.29, 0.717) is 6.04 Å². The molecule has 1 aliphatic carbocycles. The first-order valence-electron chi connectivity index (χ1n) is 7.43. The molecule has 1 unspecified atom stereocenters. The maximum absolute atomic E-state index is 5.31. The molecule has 1 N–H and O–H groups in total. The number of ether oxygens (including phenoxy) is 1. The first kappa shape index (κ1) is 15.8. The Bertz CT molecular complexity index is 434. The first-order valence-corrected chi connectivity index (χ1v) is 8.22. The summed E-state index contributed by atoms with van der Waals surface area (Å²) in [7, 11) is 1.77. The van der Waals surface area contributed by atoms with Gasteiger partial charge >= 0.3 is 0 Å². The average Bonchev–Trinajstić information content (AvgIpc) is 3.23. The Morgan fingerprint density at radius 2 is 2.20 bits per heavy atom. The predicted molar refractivity (Wildman–Crippen MR) is 88.4 cm³/mol. The molecular formula is C16H25BrN2O. The lowest BCUT2D eigenvalue weighted by molar-refractivity contribution is 0.182. The van der Waals surface area contributed by atoms with Gasteiger partial charge in [-0.3, -0.25) is 0 Å². The molecule has 1 fully saturated rings. The lowest BCUT2D eigenvalue weighted by atomic mass is 10.1. The summed E-state index contributed by atoms with van der Waals surface area (Å²) in [5.74, 6) is 0. The maximum atomic E-state index is 5.31. The van der Waals surface area contributed by atoms with Crippen molar-refractivity contribution in [3.63, 3.8) is 0 Å². The smallest absolute Gasteiger partial charge is 0.0663 e. The molecular weight excluding hydrogens is 316 g/mol. The van der Waals surface area contributed by atoms with Crippen molar-refractivity contribution >= 4 is 21.6 Å². The van der Waals surface area contributed by atoms with E-state index >= 15 is 0 Å². The van der Waals surface area contributed by atoms with Crippen LogP contribution in [0.2, 0.25) is 0 Å². The third-order valence-corrected chi connectivity index (χ3v) is 4.28. The Morgan fingerprint density at radius 1 is 1.45 bits per heavy atom. The predicted octanol–water partition coefficient (Wildman–Crippen LogP) is 3.56. The fraction of sp³-hybridized carbons (Fsp3) is 0.625. The number of rotatable bonds is 8. The fourth-order valence-corrected chi connectivity index (χ4v) is 2.98. The van der Waals surface area contributed by atoms with Crippen LogP contribution in [0.15, 0.2) is 22.7 Å². The van der Waals surface area contributed by atoms with Crippen molar-refractivity contribution in [1.82, 2.24) is 5.32 Å². The zero-order chi connectivity index (χ0) is 14.5. The summed E-state index contributed by atoms with van der Waals surface area (Å²) in [6.45, 7) is 7.09. The van der Waals surface area contributed by atoms with Crippen molar-refractivity contribution < 1.29 is 4.74 Å². The van der Waals surface area contributed by atoms with Gasteiger partial charge < -0.3 is 15.0 Å². The molecule has 3 nitrogen and oxygen atoms in total. The molecule has 112 valence electrons. The minimum atomic E-state index is 0.380. The van der Waals surface area contributed by atoms with Gasteiger partial charge in [-0.2, -0.15) is 0 Å². The maximum Gasteiger partial charge on any atom is 0.0663 e. The SMILES string of the molecule is CCN(c1ccc(Br)cc1CNC1CC1)C(C)COC. The second kappa shape index (κ2) is 7.43. The zero-order valence-electron chi connectivity index (χ0n) is 12.7. The number of likely N-dealkylation sites (N-methyl/N-ethyl adjacent to an activating group) is 1. The van der Waals surface area contributed by atoms with Gasteiger partial charge in [-0.15, -0.1) is 0 Å². The fourth-order valence-electron chi connectivity index (χ4n) is 2.57. The molecule has 0 spiro atoms. The van der Waals surface area contributed by atoms with Crippen LogP contribution in [0.3, 0.4) is 0 Å². The molecule has 1 aromatic carbocycles. The number of hydrogen-bond acceptors (Lipinski definition) is 3. The van der Waals surface area contributed by atoms with E-state index in [1.807, 2.05) is 0 Å². The van der Waals surface area contributed by atoms with E-state index in [1.165, 1.54) is 24.1 Å². The van der Waals surface area contributed by atoms with E-state index in [1.54, 1.807) is 7.11 Å². The van der Waals surface area contributed by atoms with Crippen molar-refractivity contribution in [2.45, 2.75) is 45.3 Å². The summed E-state index contributed by atoms with van der Waals surface area (Å²) >= 11 is 3.59. The highest BCUT2D eigenvalue weighted by Gasteiger charge is 2.22. The molecule has 0 heterocycles. The molecule has 4 heteroatoms. The molecule has 0 aromatic heterocycles. The summed E-state index contributed by atoms with van der Waals surface area (Å²) in [4.78, 5) is 2.42. The third kappa shape index (κ3) is 4.21. The van der Waals surface area contributed by atoms with Crippen LogP contribution in [0.5, 0.6) is 0 Å². The number of halogens is 1. The summed E-state index contributed by atoms with van der Waals surface area (Å²) in [5, 5.41) is 3.61. The Balaban J connectivity index is 2.17. The Morgan fingerprint density at radius 3 is 2.80 bits per heavy atom. The second-order valence-electron chi connectivity index (χ2n) is 5.52. The largest absolute Gasteiger partial charge is 0.383 e. The van der Waals surface area contributed by atoms with E-state index in [2.05, 4.69) is 58.2 Å². The standard InChI is InChI=1S/C16H25BrN2O/c1-4-19(12(2)11-20-3)16-8-5-14(17)9-13(16)10-18-15-6-7-15/h5,8-9,12,15,18H,4,6-7,10-11H2,1-3H3. The number of benzene rings is 1. The van der Waals surface area contributed by atoms with Gasteiger partial charge in [-0.1, -0.05) is 15.9 Å². The van der Waals surface area contributed by atoms with Crippen molar-refractivity contribution in [1.29, 1.82) is 0 Å². The van der Waals surface area contributed by atoms with Crippen molar-refractivity contribution in [3.05, 3.63) is 28.2 Å². The van der Waals surface area contributed by atoms with Gasteiger partial charge in [0.15, 0.2) is 0 Å².